The van der Waals surface area contributed by atoms with Gasteiger partial charge in [-0.3, -0.25) is 0 Å². The Hall–Kier alpha value is -0.840. The van der Waals surface area contributed by atoms with Crippen molar-refractivity contribution in [3.05, 3.63) is 24.3 Å². The summed E-state index contributed by atoms with van der Waals surface area (Å²) in [5, 5.41) is 48.6. The molecule has 1 aliphatic rings. The van der Waals surface area contributed by atoms with E-state index in [1.165, 1.54) is 51.4 Å². The Balaban J connectivity index is 1.92. The van der Waals surface area contributed by atoms with Crippen LogP contribution in [-0.2, 0) is 14.2 Å². The van der Waals surface area contributed by atoms with Crippen LogP contribution in [-0.4, -0.2) is 88.8 Å². The minimum atomic E-state index is -1.50. The van der Waals surface area contributed by atoms with Crippen molar-refractivity contribution in [3.8, 4) is 0 Å². The van der Waals surface area contributed by atoms with Crippen LogP contribution in [0.25, 0.3) is 0 Å². The van der Waals surface area contributed by atoms with Crippen molar-refractivity contribution in [2.75, 3.05) is 26.4 Å². The second-order valence-electron chi connectivity index (χ2n) is 9.34. The van der Waals surface area contributed by atoms with Crippen LogP contribution in [0, 0.1) is 0 Å². The molecule has 0 aliphatic carbocycles. The second-order valence-corrected chi connectivity index (χ2v) is 9.34. The molecule has 8 nitrogen and oxygen atoms in total. The Morgan fingerprint density at radius 2 is 1.40 bits per heavy atom. The average molecular weight is 503 g/mol. The number of aliphatic hydroxyl groups is 5. The lowest BCUT2D eigenvalue weighted by Crippen LogP contribution is -2.59. The fourth-order valence-electron chi connectivity index (χ4n) is 3.87. The minimum absolute atomic E-state index is 0.0949. The molecule has 8 heteroatoms. The third-order valence-corrected chi connectivity index (χ3v) is 6.10. The van der Waals surface area contributed by atoms with Crippen molar-refractivity contribution in [2.45, 2.75) is 121 Å². The molecule has 1 fully saturated rings. The lowest BCUT2D eigenvalue weighted by molar-refractivity contribution is -0.305. The molecule has 0 aromatic rings. The van der Waals surface area contributed by atoms with E-state index in [1.54, 1.807) is 0 Å². The standard InChI is InChI=1S/C27H50O8/c1-2-3-4-5-6-7-8-9-10-11-12-13-14-15-16-17-18-33-20-22(29)21-34-27-26(32)25(31)24(30)23(19-28)35-27/h6-7,9-10,22-32H,2-5,8,11-21H2,1H3/b7-6-,10-9-/t22-,23-,24+,25+,26-,27-/m1/s1. The summed E-state index contributed by atoms with van der Waals surface area (Å²) >= 11 is 0. The van der Waals surface area contributed by atoms with E-state index >= 15 is 0 Å². The number of allylic oxidation sites excluding steroid dienone is 4. The van der Waals surface area contributed by atoms with Gasteiger partial charge in [-0.1, -0.05) is 69.8 Å². The lowest BCUT2D eigenvalue weighted by Gasteiger charge is -2.39. The van der Waals surface area contributed by atoms with Crippen LogP contribution in [0.2, 0.25) is 0 Å². The number of unbranched alkanes of at least 4 members (excludes halogenated alkanes) is 9. The van der Waals surface area contributed by atoms with E-state index in [0.29, 0.717) is 6.61 Å². The third kappa shape index (κ3) is 15.1. The number of rotatable bonds is 21. The van der Waals surface area contributed by atoms with E-state index in [-0.39, 0.29) is 13.2 Å². The average Bonchev–Trinajstić information content (AvgIpc) is 2.86. The van der Waals surface area contributed by atoms with Crippen molar-refractivity contribution in [3.63, 3.8) is 0 Å². The molecule has 6 atom stereocenters. The summed E-state index contributed by atoms with van der Waals surface area (Å²) in [6, 6.07) is 0. The molecule has 1 rings (SSSR count). The van der Waals surface area contributed by atoms with Gasteiger partial charge in [-0.25, -0.2) is 0 Å². The summed E-state index contributed by atoms with van der Waals surface area (Å²) < 4.78 is 16.0. The quantitative estimate of drug-likeness (QED) is 0.120. The summed E-state index contributed by atoms with van der Waals surface area (Å²) in [7, 11) is 0. The van der Waals surface area contributed by atoms with E-state index in [0.717, 1.165) is 25.7 Å². The van der Waals surface area contributed by atoms with E-state index in [4.69, 9.17) is 14.2 Å². The molecule has 0 unspecified atom stereocenters. The Morgan fingerprint density at radius 3 is 2.06 bits per heavy atom. The highest BCUT2D eigenvalue weighted by molar-refractivity contribution is 4.92. The molecule has 0 bridgehead atoms. The zero-order valence-corrected chi connectivity index (χ0v) is 21.5. The maximum atomic E-state index is 9.98. The predicted molar refractivity (Wildman–Crippen MR) is 136 cm³/mol. The summed E-state index contributed by atoms with van der Waals surface area (Å²) in [6.07, 6.45) is 15.7. The van der Waals surface area contributed by atoms with E-state index in [1.807, 2.05) is 0 Å². The van der Waals surface area contributed by atoms with Gasteiger partial charge in [0.2, 0.25) is 0 Å². The molecule has 206 valence electrons. The van der Waals surface area contributed by atoms with Crippen LogP contribution in [0.4, 0.5) is 0 Å². The maximum Gasteiger partial charge on any atom is 0.186 e. The van der Waals surface area contributed by atoms with Gasteiger partial charge < -0.3 is 39.7 Å². The minimum Gasteiger partial charge on any atom is -0.394 e. The highest BCUT2D eigenvalue weighted by Crippen LogP contribution is 2.22. The van der Waals surface area contributed by atoms with Gasteiger partial charge in [-0.2, -0.15) is 0 Å². The molecule has 35 heavy (non-hydrogen) atoms. The van der Waals surface area contributed by atoms with Crippen molar-refractivity contribution in [2.24, 2.45) is 0 Å². The fourth-order valence-corrected chi connectivity index (χ4v) is 3.87. The van der Waals surface area contributed by atoms with Crippen LogP contribution in [0.5, 0.6) is 0 Å². The zero-order valence-electron chi connectivity index (χ0n) is 21.5. The van der Waals surface area contributed by atoms with Crippen LogP contribution in [0.15, 0.2) is 24.3 Å². The fraction of sp³-hybridized carbons (Fsp3) is 0.852. The van der Waals surface area contributed by atoms with Crippen molar-refractivity contribution in [1.82, 2.24) is 0 Å². The highest BCUT2D eigenvalue weighted by Gasteiger charge is 2.44. The van der Waals surface area contributed by atoms with Crippen molar-refractivity contribution in [1.29, 1.82) is 0 Å². The molecule has 0 spiro atoms. The number of ether oxygens (including phenoxy) is 3. The lowest BCUT2D eigenvalue weighted by atomic mass is 9.99. The Labute approximate surface area is 211 Å². The second kappa shape index (κ2) is 21.3. The molecule has 0 aromatic carbocycles. The molecular formula is C27H50O8. The predicted octanol–water partition coefficient (Wildman–Crippen LogP) is 2.99. The highest BCUT2D eigenvalue weighted by atomic mass is 16.7. The van der Waals surface area contributed by atoms with Gasteiger partial charge in [0.05, 0.1) is 19.8 Å². The summed E-state index contributed by atoms with van der Waals surface area (Å²) in [6.45, 7) is 2.20. The number of hydrogen-bond donors (Lipinski definition) is 5. The first-order valence-electron chi connectivity index (χ1n) is 13.5. The molecule has 0 radical (unpaired) electrons. The number of hydrogen-bond acceptors (Lipinski definition) is 8. The van der Waals surface area contributed by atoms with Crippen molar-refractivity contribution >= 4 is 0 Å². The monoisotopic (exact) mass is 502 g/mol. The topological polar surface area (TPSA) is 129 Å². The molecule has 1 saturated heterocycles. The van der Waals surface area contributed by atoms with Crippen molar-refractivity contribution < 1.29 is 39.7 Å². The smallest absolute Gasteiger partial charge is 0.186 e. The maximum absolute atomic E-state index is 9.98. The largest absolute Gasteiger partial charge is 0.394 e. The zero-order chi connectivity index (χ0) is 25.7. The van der Waals surface area contributed by atoms with Gasteiger partial charge in [-0.05, 0) is 38.5 Å². The molecule has 0 saturated carbocycles. The first kappa shape index (κ1) is 32.2. The first-order valence-corrected chi connectivity index (χ1v) is 13.5. The summed E-state index contributed by atoms with van der Waals surface area (Å²) in [5.74, 6) is 0. The van der Waals surface area contributed by atoms with Crippen LogP contribution in [0.3, 0.4) is 0 Å². The van der Waals surface area contributed by atoms with Gasteiger partial charge in [0, 0.05) is 6.61 Å². The van der Waals surface area contributed by atoms with Gasteiger partial charge in [0.15, 0.2) is 6.29 Å². The normalized spacial score (nSPS) is 26.2. The summed E-state index contributed by atoms with van der Waals surface area (Å²) in [5.41, 5.74) is 0. The van der Waals surface area contributed by atoms with Gasteiger partial charge in [0.25, 0.3) is 0 Å². The Bertz CT molecular complexity index is 539. The van der Waals surface area contributed by atoms with E-state index in [2.05, 4.69) is 31.2 Å². The third-order valence-electron chi connectivity index (χ3n) is 6.10. The van der Waals surface area contributed by atoms with E-state index in [9.17, 15) is 25.5 Å². The first-order chi connectivity index (χ1) is 17.0. The number of aliphatic hydroxyl groups excluding tert-OH is 5. The Kier molecular flexibility index (Phi) is 19.6. The Morgan fingerprint density at radius 1 is 0.771 bits per heavy atom. The molecule has 0 aromatic heterocycles. The van der Waals surface area contributed by atoms with Crippen LogP contribution < -0.4 is 0 Å². The van der Waals surface area contributed by atoms with Gasteiger partial charge >= 0.3 is 0 Å². The molecule has 1 heterocycles. The molecule has 0 amide bonds. The van der Waals surface area contributed by atoms with Gasteiger partial charge in [-0.15, -0.1) is 0 Å². The molecule has 5 N–H and O–H groups in total. The summed E-state index contributed by atoms with van der Waals surface area (Å²) in [4.78, 5) is 0. The van der Waals surface area contributed by atoms with Crippen LogP contribution >= 0.6 is 0 Å². The van der Waals surface area contributed by atoms with E-state index < -0.39 is 43.4 Å². The SMILES string of the molecule is CCCCC/C=C\C/C=C\CCCCCCCCOC[C@@H](O)CO[C@@H]1O[C@H](CO)[C@H](O)[C@H](O)[C@H]1O. The van der Waals surface area contributed by atoms with Gasteiger partial charge in [0.1, 0.15) is 30.5 Å². The molecule has 1 aliphatic heterocycles. The molecular weight excluding hydrogens is 452 g/mol. The van der Waals surface area contributed by atoms with Crippen LogP contribution in [0.1, 0.15) is 84.0 Å².